The molecule has 1 saturated carbocycles. The number of anilines is 4. The molecule has 1 aliphatic carbocycles. The molecule has 0 aliphatic heterocycles. The Hall–Kier alpha value is -3.28. The van der Waals surface area contributed by atoms with Crippen LogP contribution in [-0.2, 0) is 36.1 Å². The van der Waals surface area contributed by atoms with E-state index in [4.69, 9.17) is 4.74 Å². The van der Waals surface area contributed by atoms with Crippen LogP contribution in [0.5, 0.6) is 0 Å². The van der Waals surface area contributed by atoms with Gasteiger partial charge in [0.25, 0.3) is 15.9 Å². The SMILES string of the molecule is Cc1cnc(Nc2cccc(S(=O)(=O)NC(=O)CNC(=O)OC(C)(C)C)c2)nc1Nc1cccc(CNS(=O)(=O)C2CC2)c1.[NaH]. The van der Waals surface area contributed by atoms with E-state index in [9.17, 15) is 26.4 Å². The maximum atomic E-state index is 12.8. The summed E-state index contributed by atoms with van der Waals surface area (Å²) >= 11 is 0. The Morgan fingerprint density at radius 2 is 1.64 bits per heavy atom. The first kappa shape index (κ1) is 36.2. The summed E-state index contributed by atoms with van der Waals surface area (Å²) in [6.45, 7) is 6.35. The van der Waals surface area contributed by atoms with Crippen molar-refractivity contribution in [2.24, 2.45) is 0 Å². The molecule has 45 heavy (non-hydrogen) atoms. The Bertz CT molecular complexity index is 1760. The summed E-state index contributed by atoms with van der Waals surface area (Å²) in [4.78, 5) is 32.5. The van der Waals surface area contributed by atoms with E-state index in [0.29, 0.717) is 30.0 Å². The molecule has 1 heterocycles. The minimum atomic E-state index is -4.26. The third-order valence-corrected chi connectivity index (χ3v) is 9.31. The number of aryl methyl sites for hydroxylation is 1. The zero-order valence-corrected chi connectivity index (χ0v) is 26.3. The molecule has 1 aliphatic rings. The van der Waals surface area contributed by atoms with Crippen molar-refractivity contribution in [2.75, 3.05) is 17.2 Å². The van der Waals surface area contributed by atoms with Crippen LogP contribution in [0.1, 0.15) is 44.7 Å². The van der Waals surface area contributed by atoms with E-state index in [0.717, 1.165) is 11.1 Å². The van der Waals surface area contributed by atoms with Gasteiger partial charge in [-0.2, -0.15) is 4.98 Å². The number of nitrogens with zero attached hydrogens (tertiary/aromatic N) is 2. The van der Waals surface area contributed by atoms with E-state index in [-0.39, 0.29) is 52.2 Å². The third kappa shape index (κ3) is 11.2. The number of alkyl carbamates (subject to hydrolysis) is 1. The predicted molar refractivity (Wildman–Crippen MR) is 172 cm³/mol. The number of sulfonamides is 2. The molecule has 5 N–H and O–H groups in total. The van der Waals surface area contributed by atoms with Crippen molar-refractivity contribution in [3.8, 4) is 0 Å². The van der Waals surface area contributed by atoms with E-state index < -0.39 is 44.2 Å². The van der Waals surface area contributed by atoms with Crippen molar-refractivity contribution in [1.29, 1.82) is 0 Å². The van der Waals surface area contributed by atoms with Crippen molar-refractivity contribution in [3.05, 3.63) is 65.9 Å². The first-order valence-corrected chi connectivity index (χ1v) is 16.7. The number of benzene rings is 2. The van der Waals surface area contributed by atoms with Crippen LogP contribution in [0.2, 0.25) is 0 Å². The van der Waals surface area contributed by atoms with Gasteiger partial charge in [0.05, 0.1) is 10.1 Å². The molecular formula is C28H36N7NaO7S2. The average molecular weight is 670 g/mol. The number of rotatable bonds is 12. The van der Waals surface area contributed by atoms with Crippen molar-refractivity contribution < 1.29 is 31.2 Å². The summed E-state index contributed by atoms with van der Waals surface area (Å²) in [7, 11) is -7.57. The van der Waals surface area contributed by atoms with E-state index in [2.05, 4.69) is 30.6 Å². The molecule has 2 aromatic carbocycles. The van der Waals surface area contributed by atoms with Gasteiger partial charge in [0.1, 0.15) is 18.0 Å². The fraction of sp³-hybridized carbons (Fsp3) is 0.357. The molecule has 1 aromatic heterocycles. The monoisotopic (exact) mass is 669 g/mol. The van der Waals surface area contributed by atoms with Gasteiger partial charge >= 0.3 is 35.7 Å². The van der Waals surface area contributed by atoms with Crippen LogP contribution in [0, 0.1) is 6.92 Å². The van der Waals surface area contributed by atoms with Gasteiger partial charge in [0, 0.05) is 29.7 Å². The second-order valence-corrected chi connectivity index (χ2v) is 14.9. The van der Waals surface area contributed by atoms with Gasteiger partial charge in [-0.05, 0) is 76.4 Å². The van der Waals surface area contributed by atoms with Gasteiger partial charge in [-0.3, -0.25) is 4.79 Å². The Labute approximate surface area is 284 Å². The number of nitrogens with one attached hydrogen (secondary N) is 5. The molecule has 3 aromatic rings. The zero-order chi connectivity index (χ0) is 32.1. The standard InChI is InChI=1S/C28H35N7O7S2.Na.H/c1-18-15-29-26(34-25(18)32-20-8-5-7-19(13-20)16-31-43(38,39)22-11-12-22)33-21-9-6-10-23(14-21)44(40,41)35-24(36)17-30-27(37)42-28(2,3)4;;/h5-10,13-15,22,31H,11-12,16-17H2,1-4H3,(H,30,37)(H,35,36)(H2,29,32,33,34);;. The Morgan fingerprint density at radius 3 is 2.31 bits per heavy atom. The van der Waals surface area contributed by atoms with Crippen LogP contribution in [0.3, 0.4) is 0 Å². The topological polar surface area (TPSA) is 198 Å². The molecule has 4 rings (SSSR count). The molecule has 0 atom stereocenters. The molecule has 238 valence electrons. The van der Waals surface area contributed by atoms with Crippen LogP contribution < -0.4 is 25.4 Å². The number of hydrogen-bond donors (Lipinski definition) is 5. The normalized spacial score (nSPS) is 13.2. The van der Waals surface area contributed by atoms with Gasteiger partial charge in [-0.25, -0.2) is 36.1 Å². The molecule has 2 amide bonds. The van der Waals surface area contributed by atoms with E-state index in [1.165, 1.54) is 18.2 Å². The molecule has 0 bridgehead atoms. The number of hydrogen-bond acceptors (Lipinski definition) is 11. The molecule has 0 unspecified atom stereocenters. The first-order valence-electron chi connectivity index (χ1n) is 13.7. The van der Waals surface area contributed by atoms with E-state index in [1.54, 1.807) is 39.1 Å². The van der Waals surface area contributed by atoms with E-state index >= 15 is 0 Å². The van der Waals surface area contributed by atoms with Crippen LogP contribution in [-0.4, -0.2) is 85.8 Å². The molecule has 14 nitrogen and oxygen atoms in total. The van der Waals surface area contributed by atoms with Crippen LogP contribution >= 0.6 is 0 Å². The fourth-order valence-electron chi connectivity index (χ4n) is 3.79. The number of aromatic nitrogens is 2. The Kier molecular flexibility index (Phi) is 12.0. The summed E-state index contributed by atoms with van der Waals surface area (Å²) in [5, 5.41) is 8.08. The van der Waals surface area contributed by atoms with Gasteiger partial charge in [-0.1, -0.05) is 18.2 Å². The summed E-state index contributed by atoms with van der Waals surface area (Å²) in [6, 6.07) is 13.0. The van der Waals surface area contributed by atoms with Crippen molar-refractivity contribution in [3.63, 3.8) is 0 Å². The zero-order valence-electron chi connectivity index (χ0n) is 24.7. The number of carbonyl (C=O) groups is 2. The van der Waals surface area contributed by atoms with Crippen LogP contribution in [0.4, 0.5) is 27.9 Å². The summed E-state index contributed by atoms with van der Waals surface area (Å²) in [5.74, 6) is -0.297. The Morgan fingerprint density at radius 1 is 0.978 bits per heavy atom. The third-order valence-electron chi connectivity index (χ3n) is 6.04. The molecular weight excluding hydrogens is 633 g/mol. The summed E-state index contributed by atoms with van der Waals surface area (Å²) < 4.78 is 59.5. The molecule has 0 radical (unpaired) electrons. The van der Waals surface area contributed by atoms with E-state index in [1.807, 2.05) is 29.8 Å². The first-order chi connectivity index (χ1) is 20.6. The fourth-order valence-corrected chi connectivity index (χ4v) is 6.18. The second kappa shape index (κ2) is 14.9. The van der Waals surface area contributed by atoms with Crippen LogP contribution in [0.15, 0.2) is 59.6 Å². The van der Waals surface area contributed by atoms with Crippen molar-refractivity contribution in [1.82, 2.24) is 24.7 Å². The van der Waals surface area contributed by atoms with Gasteiger partial charge < -0.3 is 20.7 Å². The molecule has 1 fully saturated rings. The van der Waals surface area contributed by atoms with Gasteiger partial charge in [0.2, 0.25) is 16.0 Å². The average Bonchev–Trinajstić information content (AvgIpc) is 3.79. The Balaban J connectivity index is 0.00000552. The minimum absolute atomic E-state index is 0. The maximum absolute atomic E-state index is 12.8. The van der Waals surface area contributed by atoms with Crippen LogP contribution in [0.25, 0.3) is 0 Å². The second-order valence-electron chi connectivity index (χ2n) is 11.2. The van der Waals surface area contributed by atoms with Gasteiger partial charge in [0.15, 0.2) is 0 Å². The molecule has 0 saturated heterocycles. The number of carbonyl (C=O) groups excluding carboxylic acids is 2. The summed E-state index contributed by atoms with van der Waals surface area (Å²) in [6.07, 6.45) is 2.11. The predicted octanol–water partition coefficient (Wildman–Crippen LogP) is 2.54. The quantitative estimate of drug-likeness (QED) is 0.178. The number of ether oxygens (including phenoxy) is 1. The molecule has 0 spiro atoms. The molecule has 17 heteroatoms. The van der Waals surface area contributed by atoms with Gasteiger partial charge in [-0.15, -0.1) is 0 Å². The van der Waals surface area contributed by atoms with Crippen molar-refractivity contribution in [2.45, 2.75) is 62.8 Å². The number of amides is 2. The van der Waals surface area contributed by atoms with Crippen molar-refractivity contribution >= 4 is 84.7 Å². The summed E-state index contributed by atoms with van der Waals surface area (Å²) in [5.41, 5.74) is 1.75.